The van der Waals surface area contributed by atoms with E-state index in [4.69, 9.17) is 0 Å². The quantitative estimate of drug-likeness (QED) is 0.840. The van der Waals surface area contributed by atoms with Crippen LogP contribution in [-0.2, 0) is 16.6 Å². The van der Waals surface area contributed by atoms with Crippen LogP contribution in [0.15, 0.2) is 17.2 Å². The summed E-state index contributed by atoms with van der Waals surface area (Å²) in [7, 11) is -1.79. The van der Waals surface area contributed by atoms with E-state index in [1.807, 2.05) is 25.3 Å². The number of nitrogens with one attached hydrogen (secondary N) is 1. The lowest BCUT2D eigenvalue weighted by atomic mass is 10.3. The number of nitrogens with zero attached hydrogens (tertiary/aromatic N) is 2. The summed E-state index contributed by atoms with van der Waals surface area (Å²) in [5, 5.41) is 3.25. The second kappa shape index (κ2) is 6.74. The molecule has 1 aromatic rings. The van der Waals surface area contributed by atoms with Crippen molar-refractivity contribution in [2.45, 2.75) is 58.1 Å². The molecule has 0 aromatic carbocycles. The van der Waals surface area contributed by atoms with E-state index in [0.717, 1.165) is 12.2 Å². The third-order valence-electron chi connectivity index (χ3n) is 3.42. The molecular formula is C14H27N3O2S. The first-order valence-corrected chi connectivity index (χ1v) is 8.55. The van der Waals surface area contributed by atoms with Crippen molar-refractivity contribution >= 4 is 10.0 Å². The van der Waals surface area contributed by atoms with Gasteiger partial charge in [0.2, 0.25) is 10.0 Å². The molecule has 1 heterocycles. The fourth-order valence-electron chi connectivity index (χ4n) is 1.96. The molecule has 6 heteroatoms. The van der Waals surface area contributed by atoms with Gasteiger partial charge in [0.25, 0.3) is 0 Å². The minimum absolute atomic E-state index is 0.0559. The number of hydrogen-bond acceptors (Lipinski definition) is 3. The minimum Gasteiger partial charge on any atom is -0.346 e. The molecule has 0 saturated heterocycles. The Balaban J connectivity index is 3.20. The largest absolute Gasteiger partial charge is 0.346 e. The Morgan fingerprint density at radius 3 is 2.35 bits per heavy atom. The maximum Gasteiger partial charge on any atom is 0.244 e. The Labute approximate surface area is 123 Å². The summed E-state index contributed by atoms with van der Waals surface area (Å²) in [5.41, 5.74) is 0.998. The van der Waals surface area contributed by atoms with Gasteiger partial charge in [0.05, 0.1) is 0 Å². The number of aromatic nitrogens is 1. The van der Waals surface area contributed by atoms with Crippen molar-refractivity contribution in [3.63, 3.8) is 0 Å². The number of sulfonamides is 1. The van der Waals surface area contributed by atoms with Gasteiger partial charge >= 0.3 is 0 Å². The molecule has 0 radical (unpaired) electrons. The molecule has 0 fully saturated rings. The molecular weight excluding hydrogens is 274 g/mol. The monoisotopic (exact) mass is 301 g/mol. The summed E-state index contributed by atoms with van der Waals surface area (Å²) < 4.78 is 28.5. The zero-order valence-electron chi connectivity index (χ0n) is 13.3. The van der Waals surface area contributed by atoms with Crippen LogP contribution in [0.5, 0.6) is 0 Å². The van der Waals surface area contributed by atoms with Gasteiger partial charge in [-0.15, -0.1) is 0 Å². The average molecular weight is 301 g/mol. The van der Waals surface area contributed by atoms with Crippen molar-refractivity contribution in [1.82, 2.24) is 14.2 Å². The van der Waals surface area contributed by atoms with E-state index in [1.54, 1.807) is 19.3 Å². The van der Waals surface area contributed by atoms with Crippen LogP contribution in [0.25, 0.3) is 0 Å². The zero-order chi connectivity index (χ0) is 15.5. The van der Waals surface area contributed by atoms with E-state index in [0.29, 0.717) is 11.4 Å². The van der Waals surface area contributed by atoms with Crippen LogP contribution in [0.1, 0.15) is 46.4 Å². The van der Waals surface area contributed by atoms with Crippen LogP contribution in [0.4, 0.5) is 0 Å². The standard InChI is InChI=1S/C14H27N3O2S/c1-7-15-9-13-8-14(10-17(13)12(4)5)20(18,19)16(6)11(2)3/h8,10-12,15H,7,9H2,1-6H3. The van der Waals surface area contributed by atoms with Gasteiger partial charge in [0.15, 0.2) is 0 Å². The third-order valence-corrected chi connectivity index (χ3v) is 5.42. The van der Waals surface area contributed by atoms with E-state index >= 15 is 0 Å². The Morgan fingerprint density at radius 1 is 1.30 bits per heavy atom. The van der Waals surface area contributed by atoms with Gasteiger partial charge < -0.3 is 9.88 Å². The molecule has 0 atom stereocenters. The fourth-order valence-corrected chi connectivity index (χ4v) is 3.38. The van der Waals surface area contributed by atoms with Gasteiger partial charge in [-0.05, 0) is 40.3 Å². The smallest absolute Gasteiger partial charge is 0.244 e. The first-order valence-electron chi connectivity index (χ1n) is 7.11. The summed E-state index contributed by atoms with van der Waals surface area (Å²) in [5.74, 6) is 0. The van der Waals surface area contributed by atoms with Crippen molar-refractivity contribution in [3.8, 4) is 0 Å². The molecule has 1 rings (SSSR count). The topological polar surface area (TPSA) is 54.3 Å². The highest BCUT2D eigenvalue weighted by Crippen LogP contribution is 2.22. The van der Waals surface area contributed by atoms with Crippen molar-refractivity contribution in [1.29, 1.82) is 0 Å². The molecule has 116 valence electrons. The predicted molar refractivity (Wildman–Crippen MR) is 82.3 cm³/mol. The van der Waals surface area contributed by atoms with Gasteiger partial charge in [-0.2, -0.15) is 4.31 Å². The molecule has 1 aromatic heterocycles. The Bertz CT molecular complexity index is 533. The van der Waals surface area contributed by atoms with E-state index in [1.165, 1.54) is 4.31 Å². The van der Waals surface area contributed by atoms with Gasteiger partial charge in [-0.3, -0.25) is 0 Å². The first kappa shape index (κ1) is 17.2. The van der Waals surface area contributed by atoms with Gasteiger partial charge in [0, 0.05) is 37.6 Å². The van der Waals surface area contributed by atoms with E-state index in [-0.39, 0.29) is 12.1 Å². The molecule has 20 heavy (non-hydrogen) atoms. The molecule has 5 nitrogen and oxygen atoms in total. The highest BCUT2D eigenvalue weighted by Gasteiger charge is 2.25. The van der Waals surface area contributed by atoms with Crippen molar-refractivity contribution in [2.24, 2.45) is 0 Å². The molecule has 0 saturated carbocycles. The second-order valence-corrected chi connectivity index (χ2v) is 7.56. The summed E-state index contributed by atoms with van der Waals surface area (Å²) in [6, 6.07) is 1.95. The van der Waals surface area contributed by atoms with Crippen LogP contribution in [0.2, 0.25) is 0 Å². The number of rotatable bonds is 7. The SMILES string of the molecule is CCNCc1cc(S(=O)(=O)N(C)C(C)C)cn1C(C)C. The van der Waals surface area contributed by atoms with Crippen LogP contribution in [-0.4, -0.2) is 36.9 Å². The van der Waals surface area contributed by atoms with E-state index in [2.05, 4.69) is 19.2 Å². The minimum atomic E-state index is -3.41. The van der Waals surface area contributed by atoms with Gasteiger partial charge in [0.1, 0.15) is 4.90 Å². The molecule has 0 aliphatic rings. The molecule has 1 N–H and O–H groups in total. The fraction of sp³-hybridized carbons (Fsp3) is 0.714. The summed E-state index contributed by atoms with van der Waals surface area (Å²) in [4.78, 5) is 0.371. The van der Waals surface area contributed by atoms with Crippen LogP contribution in [0, 0.1) is 0 Å². The Hall–Kier alpha value is -0.850. The first-order chi connectivity index (χ1) is 9.21. The molecule has 0 aliphatic heterocycles. The van der Waals surface area contributed by atoms with Crippen molar-refractivity contribution in [3.05, 3.63) is 18.0 Å². The maximum absolute atomic E-state index is 12.5. The third kappa shape index (κ3) is 3.62. The Morgan fingerprint density at radius 2 is 1.90 bits per heavy atom. The lowest BCUT2D eigenvalue weighted by Gasteiger charge is -2.20. The Kier molecular flexibility index (Phi) is 5.79. The lowest BCUT2D eigenvalue weighted by molar-refractivity contribution is 0.410. The average Bonchev–Trinajstić information content (AvgIpc) is 2.80. The van der Waals surface area contributed by atoms with Crippen molar-refractivity contribution < 1.29 is 8.42 Å². The van der Waals surface area contributed by atoms with E-state index in [9.17, 15) is 8.42 Å². The van der Waals surface area contributed by atoms with Gasteiger partial charge in [-0.25, -0.2) is 8.42 Å². The molecule has 0 amide bonds. The van der Waals surface area contributed by atoms with Crippen LogP contribution >= 0.6 is 0 Å². The molecule has 0 aliphatic carbocycles. The molecule has 0 spiro atoms. The van der Waals surface area contributed by atoms with E-state index < -0.39 is 10.0 Å². The highest BCUT2D eigenvalue weighted by molar-refractivity contribution is 7.89. The van der Waals surface area contributed by atoms with Gasteiger partial charge in [-0.1, -0.05) is 6.92 Å². The number of hydrogen-bond donors (Lipinski definition) is 1. The summed E-state index contributed by atoms with van der Waals surface area (Å²) in [6.45, 7) is 11.4. The lowest BCUT2D eigenvalue weighted by Crippen LogP contribution is -2.32. The van der Waals surface area contributed by atoms with Crippen molar-refractivity contribution in [2.75, 3.05) is 13.6 Å². The molecule has 0 unspecified atom stereocenters. The zero-order valence-corrected chi connectivity index (χ0v) is 14.2. The maximum atomic E-state index is 12.5. The van der Waals surface area contributed by atoms with Crippen LogP contribution < -0.4 is 5.32 Å². The summed E-state index contributed by atoms with van der Waals surface area (Å²) >= 11 is 0. The summed E-state index contributed by atoms with van der Waals surface area (Å²) in [6.07, 6.45) is 1.74. The highest BCUT2D eigenvalue weighted by atomic mass is 32.2. The normalized spacial score (nSPS) is 12.8. The molecule has 0 bridgehead atoms. The van der Waals surface area contributed by atoms with Crippen LogP contribution in [0.3, 0.4) is 0 Å². The second-order valence-electron chi connectivity index (χ2n) is 5.56. The predicted octanol–water partition coefficient (Wildman–Crippen LogP) is 2.21.